The molecule has 3 aromatic rings. The number of hydrogen-bond donors (Lipinski definition) is 1. The Bertz CT molecular complexity index is 1020. The molecular formula is C18H12ClFN2O4. The molecule has 0 spiro atoms. The minimum absolute atomic E-state index is 0.162. The van der Waals surface area contributed by atoms with Gasteiger partial charge in [0.15, 0.2) is 0 Å². The van der Waals surface area contributed by atoms with Crippen LogP contribution in [0.2, 0.25) is 5.02 Å². The third kappa shape index (κ3) is 3.57. The summed E-state index contributed by atoms with van der Waals surface area (Å²) >= 11 is 5.81. The number of anilines is 1. The molecule has 0 saturated heterocycles. The fourth-order valence-electron chi connectivity index (χ4n) is 2.47. The van der Waals surface area contributed by atoms with Crippen molar-refractivity contribution < 1.29 is 18.5 Å². The van der Waals surface area contributed by atoms with Crippen LogP contribution >= 0.6 is 11.6 Å². The molecule has 3 rings (SSSR count). The molecule has 132 valence electrons. The number of nitrogens with zero attached hydrogens (tertiary/aromatic N) is 1. The van der Waals surface area contributed by atoms with Gasteiger partial charge in [-0.15, -0.1) is 0 Å². The Kier molecular flexibility index (Phi) is 4.73. The molecule has 0 unspecified atom stereocenters. The van der Waals surface area contributed by atoms with Crippen molar-refractivity contribution in [3.05, 3.63) is 80.8 Å². The average Bonchev–Trinajstić information content (AvgIpc) is 2.96. The van der Waals surface area contributed by atoms with Crippen molar-refractivity contribution in [2.75, 3.05) is 5.32 Å². The first-order valence-electron chi connectivity index (χ1n) is 7.47. The van der Waals surface area contributed by atoms with Crippen LogP contribution in [0.4, 0.5) is 15.8 Å². The van der Waals surface area contributed by atoms with Crippen LogP contribution in [-0.4, -0.2) is 10.8 Å². The summed E-state index contributed by atoms with van der Waals surface area (Å²) in [5.41, 5.74) is 0.443. The van der Waals surface area contributed by atoms with E-state index in [0.717, 1.165) is 0 Å². The second-order valence-corrected chi connectivity index (χ2v) is 5.90. The Hall–Kier alpha value is -3.19. The molecule has 1 amide bonds. The van der Waals surface area contributed by atoms with Gasteiger partial charge in [0.05, 0.1) is 16.1 Å². The Morgan fingerprint density at radius 3 is 2.69 bits per heavy atom. The summed E-state index contributed by atoms with van der Waals surface area (Å²) in [6.07, 6.45) is 0. The lowest BCUT2D eigenvalue weighted by atomic mass is 10.1. The summed E-state index contributed by atoms with van der Waals surface area (Å²) in [5, 5.41) is 14.0. The van der Waals surface area contributed by atoms with E-state index in [-0.39, 0.29) is 39.0 Å². The van der Waals surface area contributed by atoms with Gasteiger partial charge in [0, 0.05) is 16.8 Å². The van der Waals surface area contributed by atoms with Gasteiger partial charge in [-0.25, -0.2) is 4.39 Å². The maximum absolute atomic E-state index is 13.2. The fraction of sp³-hybridized carbons (Fsp3) is 0.0556. The lowest BCUT2D eigenvalue weighted by Gasteiger charge is -2.03. The van der Waals surface area contributed by atoms with Crippen LogP contribution in [0.15, 0.2) is 52.9 Å². The summed E-state index contributed by atoms with van der Waals surface area (Å²) in [6.45, 7) is 1.56. The molecule has 8 heteroatoms. The molecule has 0 atom stereocenters. The number of amides is 1. The van der Waals surface area contributed by atoms with Crippen molar-refractivity contribution in [3.63, 3.8) is 0 Å². The topological polar surface area (TPSA) is 85.4 Å². The number of carbonyl (C=O) groups excluding carboxylic acids is 1. The Labute approximate surface area is 152 Å². The number of benzene rings is 2. The minimum Gasteiger partial charge on any atom is -0.460 e. The van der Waals surface area contributed by atoms with Crippen LogP contribution in [0.5, 0.6) is 0 Å². The Morgan fingerprint density at radius 2 is 2.00 bits per heavy atom. The number of halogens is 2. The van der Waals surface area contributed by atoms with Gasteiger partial charge in [0.2, 0.25) is 0 Å². The molecule has 0 saturated carbocycles. The van der Waals surface area contributed by atoms with Crippen molar-refractivity contribution in [3.8, 4) is 11.3 Å². The lowest BCUT2D eigenvalue weighted by molar-refractivity contribution is -0.384. The quantitative estimate of drug-likeness (QED) is 0.502. The maximum Gasteiger partial charge on any atom is 0.281 e. The third-order valence-electron chi connectivity index (χ3n) is 3.67. The molecule has 0 aliphatic heterocycles. The van der Waals surface area contributed by atoms with E-state index in [4.69, 9.17) is 16.0 Å². The molecule has 1 heterocycles. The van der Waals surface area contributed by atoms with E-state index in [0.29, 0.717) is 0 Å². The Balaban J connectivity index is 1.95. The van der Waals surface area contributed by atoms with E-state index in [9.17, 15) is 19.3 Å². The van der Waals surface area contributed by atoms with Gasteiger partial charge in [-0.1, -0.05) is 17.7 Å². The van der Waals surface area contributed by atoms with Gasteiger partial charge in [-0.3, -0.25) is 14.9 Å². The summed E-state index contributed by atoms with van der Waals surface area (Å²) < 4.78 is 18.8. The largest absolute Gasteiger partial charge is 0.460 e. The van der Waals surface area contributed by atoms with Crippen LogP contribution < -0.4 is 5.32 Å². The predicted molar refractivity (Wildman–Crippen MR) is 94.9 cm³/mol. The summed E-state index contributed by atoms with van der Waals surface area (Å²) in [5.74, 6) is -0.558. The highest BCUT2D eigenvalue weighted by molar-refractivity contribution is 6.30. The molecule has 0 radical (unpaired) electrons. The second-order valence-electron chi connectivity index (χ2n) is 5.46. The average molecular weight is 375 g/mol. The SMILES string of the molecule is Cc1oc(-c2ccc(Cl)cc2[N+](=O)[O-])cc1C(=O)Nc1cccc(F)c1. The van der Waals surface area contributed by atoms with Crippen LogP contribution in [-0.2, 0) is 0 Å². The highest BCUT2D eigenvalue weighted by Gasteiger charge is 2.22. The van der Waals surface area contributed by atoms with Crippen LogP contribution in [0.3, 0.4) is 0 Å². The van der Waals surface area contributed by atoms with Gasteiger partial charge in [-0.05, 0) is 43.3 Å². The van der Waals surface area contributed by atoms with E-state index >= 15 is 0 Å². The zero-order valence-electron chi connectivity index (χ0n) is 13.5. The number of nitro groups is 1. The van der Waals surface area contributed by atoms with Gasteiger partial charge < -0.3 is 9.73 Å². The number of carbonyl (C=O) groups is 1. The smallest absolute Gasteiger partial charge is 0.281 e. The first-order valence-corrected chi connectivity index (χ1v) is 7.84. The molecular weight excluding hydrogens is 363 g/mol. The number of hydrogen-bond acceptors (Lipinski definition) is 4. The van der Waals surface area contributed by atoms with Crippen molar-refractivity contribution in [1.29, 1.82) is 0 Å². The van der Waals surface area contributed by atoms with Crippen molar-refractivity contribution in [2.45, 2.75) is 6.92 Å². The number of rotatable bonds is 4. The molecule has 6 nitrogen and oxygen atoms in total. The lowest BCUT2D eigenvalue weighted by Crippen LogP contribution is -2.12. The van der Waals surface area contributed by atoms with E-state index < -0.39 is 16.6 Å². The van der Waals surface area contributed by atoms with Crippen LogP contribution in [0.1, 0.15) is 16.1 Å². The third-order valence-corrected chi connectivity index (χ3v) is 3.90. The van der Waals surface area contributed by atoms with E-state index in [1.54, 1.807) is 13.0 Å². The molecule has 26 heavy (non-hydrogen) atoms. The number of nitro benzene ring substituents is 1. The number of furan rings is 1. The molecule has 2 aromatic carbocycles. The van der Waals surface area contributed by atoms with E-state index in [2.05, 4.69) is 5.32 Å². The highest BCUT2D eigenvalue weighted by atomic mass is 35.5. The zero-order chi connectivity index (χ0) is 18.8. The normalized spacial score (nSPS) is 10.6. The monoisotopic (exact) mass is 374 g/mol. The van der Waals surface area contributed by atoms with Crippen molar-refractivity contribution >= 4 is 28.9 Å². The molecule has 0 fully saturated rings. The molecule has 1 N–H and O–H groups in total. The molecule has 0 aliphatic rings. The number of nitrogens with one attached hydrogen (secondary N) is 1. The van der Waals surface area contributed by atoms with Gasteiger partial charge in [0.25, 0.3) is 11.6 Å². The standard InChI is InChI=1S/C18H12ClFN2O4/c1-10-15(18(23)21-13-4-2-3-12(20)8-13)9-17(26-10)14-6-5-11(19)7-16(14)22(24)25/h2-9H,1H3,(H,21,23). The highest BCUT2D eigenvalue weighted by Crippen LogP contribution is 2.34. The minimum atomic E-state index is -0.578. The van der Waals surface area contributed by atoms with Gasteiger partial charge >= 0.3 is 0 Å². The van der Waals surface area contributed by atoms with Crippen molar-refractivity contribution in [1.82, 2.24) is 0 Å². The summed E-state index contributed by atoms with van der Waals surface area (Å²) in [7, 11) is 0. The summed E-state index contributed by atoms with van der Waals surface area (Å²) in [6, 6.07) is 11.0. The first kappa shape index (κ1) is 17.6. The van der Waals surface area contributed by atoms with Gasteiger partial charge in [0.1, 0.15) is 17.3 Å². The summed E-state index contributed by atoms with van der Waals surface area (Å²) in [4.78, 5) is 23.1. The van der Waals surface area contributed by atoms with E-state index in [1.165, 1.54) is 42.5 Å². The maximum atomic E-state index is 13.2. The second kappa shape index (κ2) is 6.97. The Morgan fingerprint density at radius 1 is 1.23 bits per heavy atom. The predicted octanol–water partition coefficient (Wildman–Crippen LogP) is 5.21. The van der Waals surface area contributed by atoms with Crippen LogP contribution in [0, 0.1) is 22.9 Å². The molecule has 0 aliphatic carbocycles. The molecule has 0 bridgehead atoms. The fourth-order valence-corrected chi connectivity index (χ4v) is 2.64. The van der Waals surface area contributed by atoms with Crippen molar-refractivity contribution in [2.24, 2.45) is 0 Å². The first-order chi connectivity index (χ1) is 12.3. The zero-order valence-corrected chi connectivity index (χ0v) is 14.2. The molecule has 1 aromatic heterocycles. The van der Waals surface area contributed by atoms with Crippen LogP contribution in [0.25, 0.3) is 11.3 Å². The van der Waals surface area contributed by atoms with E-state index in [1.807, 2.05) is 0 Å². The number of aryl methyl sites for hydroxylation is 1. The van der Waals surface area contributed by atoms with Gasteiger partial charge in [-0.2, -0.15) is 0 Å².